The average Bonchev–Trinajstić information content (AvgIpc) is 2.72. The van der Waals surface area contributed by atoms with Gasteiger partial charge in [-0.05, 0) is 63.6 Å². The van der Waals surface area contributed by atoms with E-state index in [0.29, 0.717) is 43.9 Å². The lowest BCUT2D eigenvalue weighted by Crippen LogP contribution is -2.42. The van der Waals surface area contributed by atoms with Crippen molar-refractivity contribution in [3.05, 3.63) is 23.8 Å². The fourth-order valence-electron chi connectivity index (χ4n) is 4.06. The van der Waals surface area contributed by atoms with E-state index in [1.54, 1.807) is 13.8 Å². The van der Waals surface area contributed by atoms with Gasteiger partial charge in [-0.2, -0.15) is 13.2 Å². The molecule has 1 saturated carbocycles. The molecule has 0 atom stereocenters. The third-order valence-electron chi connectivity index (χ3n) is 6.10. The quantitative estimate of drug-likeness (QED) is 0.619. The molecule has 0 saturated heterocycles. The van der Waals surface area contributed by atoms with E-state index in [2.05, 4.69) is 14.9 Å². The minimum Gasteiger partial charge on any atom is -0.490 e. The van der Waals surface area contributed by atoms with E-state index in [1.165, 1.54) is 6.07 Å². The maximum atomic E-state index is 12.9. The summed E-state index contributed by atoms with van der Waals surface area (Å²) < 4.78 is 70.7. The normalized spacial score (nSPS) is 22.3. The molecule has 0 unspecified atom stereocenters. The number of halogens is 3. The molecule has 0 spiro atoms. The van der Waals surface area contributed by atoms with Crippen LogP contribution in [0.1, 0.15) is 45.1 Å². The summed E-state index contributed by atoms with van der Waals surface area (Å²) >= 11 is 0. The lowest BCUT2D eigenvalue weighted by Gasteiger charge is -2.33. The molecule has 1 heterocycles. The van der Waals surface area contributed by atoms with E-state index < -0.39 is 27.0 Å². The van der Waals surface area contributed by atoms with Gasteiger partial charge in [-0.25, -0.2) is 13.1 Å². The molecule has 1 aliphatic heterocycles. The molecule has 0 radical (unpaired) electrons. The van der Waals surface area contributed by atoms with Crippen LogP contribution in [0.4, 0.5) is 18.9 Å². The van der Waals surface area contributed by atoms with Crippen molar-refractivity contribution in [2.45, 2.75) is 57.0 Å². The number of anilines is 1. The number of fused-ring (bicyclic) bond motifs is 1. The maximum Gasteiger partial charge on any atom is 0.416 e. The molecule has 1 aliphatic carbocycles. The summed E-state index contributed by atoms with van der Waals surface area (Å²) in [6.45, 7) is 6.27. The molecule has 31 heavy (non-hydrogen) atoms. The molecular weight excluding hydrogens is 431 g/mol. The summed E-state index contributed by atoms with van der Waals surface area (Å²) in [5.41, 5.74) is 0.000799. The van der Waals surface area contributed by atoms with Crippen molar-refractivity contribution >= 4 is 15.7 Å². The van der Waals surface area contributed by atoms with Crippen molar-refractivity contribution in [3.8, 4) is 5.75 Å². The zero-order valence-electron chi connectivity index (χ0n) is 18.0. The molecule has 0 amide bonds. The van der Waals surface area contributed by atoms with Gasteiger partial charge in [0, 0.05) is 25.7 Å². The van der Waals surface area contributed by atoms with Crippen LogP contribution in [0.2, 0.25) is 0 Å². The monoisotopic (exact) mass is 463 g/mol. The predicted octanol–water partition coefficient (Wildman–Crippen LogP) is 3.38. The molecule has 2 aliphatic rings. The van der Waals surface area contributed by atoms with Gasteiger partial charge < -0.3 is 15.0 Å². The van der Waals surface area contributed by atoms with Crippen LogP contribution in [0, 0.1) is 5.92 Å². The zero-order valence-corrected chi connectivity index (χ0v) is 18.9. The Balaban J connectivity index is 1.42. The smallest absolute Gasteiger partial charge is 0.416 e. The first kappa shape index (κ1) is 24.1. The number of sulfonamides is 1. The highest BCUT2D eigenvalue weighted by atomic mass is 32.2. The first-order chi connectivity index (χ1) is 14.6. The topological polar surface area (TPSA) is 70.7 Å². The van der Waals surface area contributed by atoms with E-state index in [4.69, 9.17) is 4.74 Å². The first-order valence-electron chi connectivity index (χ1n) is 10.9. The van der Waals surface area contributed by atoms with E-state index in [9.17, 15) is 21.6 Å². The summed E-state index contributed by atoms with van der Waals surface area (Å²) in [5.74, 6) is 0.644. The molecule has 2 N–H and O–H groups in total. The van der Waals surface area contributed by atoms with Gasteiger partial charge in [0.2, 0.25) is 10.0 Å². The van der Waals surface area contributed by atoms with Crippen molar-refractivity contribution in [1.82, 2.24) is 10.0 Å². The summed E-state index contributed by atoms with van der Waals surface area (Å²) in [5, 5.41) is 3.12. The summed E-state index contributed by atoms with van der Waals surface area (Å²) in [6, 6.07) is 4.04. The Kier molecular flexibility index (Phi) is 7.75. The summed E-state index contributed by atoms with van der Waals surface area (Å²) in [7, 11) is -3.22. The van der Waals surface area contributed by atoms with Crippen LogP contribution in [-0.4, -0.2) is 52.5 Å². The maximum absolute atomic E-state index is 12.9. The lowest BCUT2D eigenvalue weighted by molar-refractivity contribution is -0.137. The van der Waals surface area contributed by atoms with Gasteiger partial charge in [-0.1, -0.05) is 0 Å². The van der Waals surface area contributed by atoms with Crippen LogP contribution in [-0.2, 0) is 16.2 Å². The fourth-order valence-corrected chi connectivity index (χ4v) is 4.86. The molecule has 0 bridgehead atoms. The second-order valence-electron chi connectivity index (χ2n) is 8.63. The number of alkyl halides is 3. The van der Waals surface area contributed by atoms with E-state index in [-0.39, 0.29) is 5.75 Å². The molecule has 1 fully saturated rings. The molecular formula is C21H32F3N3O3S. The number of rotatable bonds is 8. The number of hydrogen-bond acceptors (Lipinski definition) is 5. The van der Waals surface area contributed by atoms with Crippen LogP contribution in [0.15, 0.2) is 18.2 Å². The predicted molar refractivity (Wildman–Crippen MR) is 115 cm³/mol. The van der Waals surface area contributed by atoms with E-state index >= 15 is 0 Å². The number of ether oxygens (including phenoxy) is 1. The van der Waals surface area contributed by atoms with Crippen molar-refractivity contribution in [2.75, 3.05) is 37.7 Å². The highest BCUT2D eigenvalue weighted by Gasteiger charge is 2.32. The van der Waals surface area contributed by atoms with Crippen LogP contribution in [0.5, 0.6) is 5.75 Å². The Morgan fingerprint density at radius 1 is 1.19 bits per heavy atom. The highest BCUT2D eigenvalue weighted by molar-refractivity contribution is 7.90. The Morgan fingerprint density at radius 2 is 1.90 bits per heavy atom. The molecule has 6 nitrogen and oxygen atoms in total. The number of nitrogens with one attached hydrogen (secondary N) is 2. The molecule has 3 rings (SSSR count). The average molecular weight is 464 g/mol. The lowest BCUT2D eigenvalue weighted by atomic mass is 9.86. The van der Waals surface area contributed by atoms with Gasteiger partial charge in [-0.3, -0.25) is 0 Å². The summed E-state index contributed by atoms with van der Waals surface area (Å²) in [4.78, 5) is 2.05. The molecule has 1 aromatic carbocycles. The van der Waals surface area contributed by atoms with Gasteiger partial charge >= 0.3 is 6.18 Å². The van der Waals surface area contributed by atoms with Gasteiger partial charge in [0.1, 0.15) is 12.4 Å². The van der Waals surface area contributed by atoms with Gasteiger partial charge in [0.05, 0.1) is 23.0 Å². The van der Waals surface area contributed by atoms with Gasteiger partial charge in [-0.15, -0.1) is 0 Å². The van der Waals surface area contributed by atoms with Crippen LogP contribution >= 0.6 is 0 Å². The third-order valence-corrected chi connectivity index (χ3v) is 7.91. The Morgan fingerprint density at radius 3 is 2.55 bits per heavy atom. The Hall–Kier alpha value is -1.52. The van der Waals surface area contributed by atoms with E-state index in [0.717, 1.165) is 44.4 Å². The first-order valence-corrected chi connectivity index (χ1v) is 12.4. The molecule has 0 aromatic heterocycles. The second kappa shape index (κ2) is 9.95. The van der Waals surface area contributed by atoms with Crippen molar-refractivity contribution < 1.29 is 26.3 Å². The zero-order chi connectivity index (χ0) is 22.6. The van der Waals surface area contributed by atoms with Crippen LogP contribution < -0.4 is 19.7 Å². The molecule has 176 valence electrons. The van der Waals surface area contributed by atoms with Crippen molar-refractivity contribution in [2.24, 2.45) is 5.92 Å². The number of nitrogens with zero attached hydrogens (tertiary/aromatic N) is 1. The highest BCUT2D eigenvalue weighted by Crippen LogP contribution is 2.38. The standard InChI is InChI=1S/C21H32F3N3O3S/c1-15(2)31(28,29)26-14-16-3-6-18(7-4-16)25-9-10-27-11-12-30-20-13-17(21(22,23)24)5-8-19(20)27/h5,8,13,15-16,18,25-26H,3-4,6-7,9-12,14H2,1-2H3. The number of benzene rings is 1. The Bertz CT molecular complexity index is 838. The summed E-state index contributed by atoms with van der Waals surface area (Å²) in [6.07, 6.45) is -0.460. The van der Waals surface area contributed by atoms with Crippen molar-refractivity contribution in [3.63, 3.8) is 0 Å². The second-order valence-corrected chi connectivity index (χ2v) is 11.0. The third kappa shape index (κ3) is 6.49. The van der Waals surface area contributed by atoms with Crippen molar-refractivity contribution in [1.29, 1.82) is 0 Å². The largest absolute Gasteiger partial charge is 0.490 e. The van der Waals surface area contributed by atoms with Crippen LogP contribution in [0.3, 0.4) is 0 Å². The molecule has 10 heteroatoms. The SMILES string of the molecule is CC(C)S(=O)(=O)NCC1CCC(NCCN2CCOc3cc(C(F)(F)F)ccc32)CC1. The fraction of sp³-hybridized carbons (Fsp3) is 0.714. The minimum absolute atomic E-state index is 0.283. The van der Waals surface area contributed by atoms with Gasteiger partial charge in [0.25, 0.3) is 0 Å². The van der Waals surface area contributed by atoms with E-state index in [1.807, 2.05) is 0 Å². The molecule has 1 aromatic rings. The minimum atomic E-state index is -4.38. The number of hydrogen-bond donors (Lipinski definition) is 2. The van der Waals surface area contributed by atoms with Gasteiger partial charge in [0.15, 0.2) is 0 Å². The van der Waals surface area contributed by atoms with Crippen LogP contribution in [0.25, 0.3) is 0 Å². The Labute approximate surface area is 182 Å².